The van der Waals surface area contributed by atoms with E-state index in [0.717, 1.165) is 15.8 Å². The number of urea groups is 1. The predicted octanol–water partition coefficient (Wildman–Crippen LogP) is 3.25. The molecule has 1 aromatic heterocycles. The molecular formula is C21H25ClN4O4S2. The molecule has 11 heteroatoms. The van der Waals surface area contributed by atoms with Crippen LogP contribution in [-0.2, 0) is 9.84 Å². The van der Waals surface area contributed by atoms with Gasteiger partial charge in [-0.2, -0.15) is 0 Å². The fraction of sp³-hybridized carbons (Fsp3) is 0.333. The zero-order chi connectivity index (χ0) is 21.8. The Morgan fingerprint density at radius 2 is 1.88 bits per heavy atom. The Bertz CT molecular complexity index is 1170. The number of carbonyl (C=O) groups excluding carboxylic acids is 1. The Morgan fingerprint density at radius 1 is 1.16 bits per heavy atom. The summed E-state index contributed by atoms with van der Waals surface area (Å²) >= 11 is 1.40. The number of anilines is 1. The van der Waals surface area contributed by atoms with Crippen LogP contribution in [0, 0.1) is 0 Å². The first-order valence-electron chi connectivity index (χ1n) is 9.96. The zero-order valence-electron chi connectivity index (χ0n) is 17.5. The van der Waals surface area contributed by atoms with Crippen molar-refractivity contribution in [2.75, 3.05) is 50.1 Å². The second-order valence-electron chi connectivity index (χ2n) is 7.25. The molecule has 32 heavy (non-hydrogen) atoms. The largest absolute Gasteiger partial charge is 0.494 e. The average Bonchev–Trinajstić information content (AvgIpc) is 3.18. The standard InChI is InChI=1S/C21H24N4O4S2.ClH/c1-29-17-8-7-16(15-5-3-2-4-6-15)19-18(17)23-21(30-19)24-20(26)22-9-10-25-11-13-31(27,28)14-12-25;/h2-8H,9-14H2,1H3,(H2,22,23,24,26);1H. The van der Waals surface area contributed by atoms with Crippen LogP contribution in [0.5, 0.6) is 5.75 Å². The SMILES string of the molecule is COc1ccc(-c2ccccc2)c2sc(NC(=O)NCCN3CCS(=O)(=O)CC3)nc12.Cl. The van der Waals surface area contributed by atoms with E-state index < -0.39 is 9.84 Å². The summed E-state index contributed by atoms with van der Waals surface area (Å²) in [5.74, 6) is 1.01. The summed E-state index contributed by atoms with van der Waals surface area (Å²) in [6.07, 6.45) is 0. The summed E-state index contributed by atoms with van der Waals surface area (Å²) in [5.41, 5.74) is 2.81. The number of amides is 2. The van der Waals surface area contributed by atoms with Crippen molar-refractivity contribution in [3.63, 3.8) is 0 Å². The number of rotatable bonds is 6. The number of nitrogens with one attached hydrogen (secondary N) is 2. The second-order valence-corrected chi connectivity index (χ2v) is 10.6. The minimum Gasteiger partial charge on any atom is -0.494 e. The molecule has 1 fully saturated rings. The summed E-state index contributed by atoms with van der Waals surface area (Å²) in [5, 5.41) is 6.10. The van der Waals surface area contributed by atoms with Crippen molar-refractivity contribution in [3.05, 3.63) is 42.5 Å². The molecule has 0 unspecified atom stereocenters. The van der Waals surface area contributed by atoms with Gasteiger partial charge in [0.2, 0.25) is 0 Å². The van der Waals surface area contributed by atoms with Gasteiger partial charge in [0.15, 0.2) is 15.0 Å². The number of ether oxygens (including phenoxy) is 1. The molecule has 1 saturated heterocycles. The molecule has 172 valence electrons. The topological polar surface area (TPSA) is 101 Å². The van der Waals surface area contributed by atoms with E-state index in [1.165, 1.54) is 11.3 Å². The molecule has 3 aromatic rings. The molecule has 0 atom stereocenters. The number of benzene rings is 2. The van der Waals surface area contributed by atoms with Gasteiger partial charge in [-0.05, 0) is 17.7 Å². The van der Waals surface area contributed by atoms with Crippen LogP contribution in [0.1, 0.15) is 0 Å². The van der Waals surface area contributed by atoms with Crippen molar-refractivity contribution in [2.45, 2.75) is 0 Å². The Kier molecular flexibility index (Phi) is 7.94. The molecule has 4 rings (SSSR count). The number of thiazole rings is 1. The number of fused-ring (bicyclic) bond motifs is 1. The number of halogens is 1. The number of hydrogen-bond donors (Lipinski definition) is 2. The number of carbonyl (C=O) groups is 1. The van der Waals surface area contributed by atoms with Crippen molar-refractivity contribution >= 4 is 55.0 Å². The lowest BCUT2D eigenvalue weighted by atomic mass is 10.1. The smallest absolute Gasteiger partial charge is 0.321 e. The molecule has 2 amide bonds. The van der Waals surface area contributed by atoms with Crippen molar-refractivity contribution in [3.8, 4) is 16.9 Å². The van der Waals surface area contributed by atoms with Crippen LogP contribution < -0.4 is 15.4 Å². The van der Waals surface area contributed by atoms with Crippen LogP contribution in [0.4, 0.5) is 9.93 Å². The highest BCUT2D eigenvalue weighted by atomic mass is 35.5. The lowest BCUT2D eigenvalue weighted by Crippen LogP contribution is -2.44. The first-order valence-corrected chi connectivity index (χ1v) is 12.6. The highest BCUT2D eigenvalue weighted by Crippen LogP contribution is 2.39. The molecule has 2 aromatic carbocycles. The van der Waals surface area contributed by atoms with Gasteiger partial charge >= 0.3 is 6.03 Å². The lowest BCUT2D eigenvalue weighted by molar-refractivity contribution is 0.247. The number of methoxy groups -OCH3 is 1. The van der Waals surface area contributed by atoms with Gasteiger partial charge in [0.25, 0.3) is 0 Å². The lowest BCUT2D eigenvalue weighted by Gasteiger charge is -2.26. The monoisotopic (exact) mass is 496 g/mol. The van der Waals surface area contributed by atoms with E-state index in [2.05, 4.69) is 15.6 Å². The van der Waals surface area contributed by atoms with E-state index >= 15 is 0 Å². The molecule has 8 nitrogen and oxygen atoms in total. The number of hydrogen-bond acceptors (Lipinski definition) is 7. The third-order valence-corrected chi connectivity index (χ3v) is 7.80. The molecule has 0 spiro atoms. The van der Waals surface area contributed by atoms with Crippen LogP contribution in [0.2, 0.25) is 0 Å². The highest BCUT2D eigenvalue weighted by Gasteiger charge is 2.21. The Morgan fingerprint density at radius 3 is 2.56 bits per heavy atom. The van der Waals surface area contributed by atoms with Crippen molar-refractivity contribution in [2.24, 2.45) is 0 Å². The quantitative estimate of drug-likeness (QED) is 0.543. The minimum absolute atomic E-state index is 0. The van der Waals surface area contributed by atoms with Gasteiger partial charge in [0, 0.05) is 31.7 Å². The second kappa shape index (κ2) is 10.5. The molecule has 2 heterocycles. The fourth-order valence-corrected chi connectivity index (χ4v) is 5.78. The molecule has 0 bridgehead atoms. The van der Waals surface area contributed by atoms with E-state index in [9.17, 15) is 13.2 Å². The zero-order valence-corrected chi connectivity index (χ0v) is 20.0. The first kappa shape index (κ1) is 24.2. The van der Waals surface area contributed by atoms with Crippen molar-refractivity contribution in [1.82, 2.24) is 15.2 Å². The summed E-state index contributed by atoms with van der Waals surface area (Å²) in [6, 6.07) is 13.5. The molecule has 1 aliphatic rings. The van der Waals surface area contributed by atoms with Crippen molar-refractivity contribution in [1.29, 1.82) is 0 Å². The van der Waals surface area contributed by atoms with Gasteiger partial charge in [0.1, 0.15) is 11.3 Å². The van der Waals surface area contributed by atoms with Crippen LogP contribution in [-0.4, -0.2) is 69.1 Å². The van der Waals surface area contributed by atoms with E-state index in [0.29, 0.717) is 42.6 Å². The van der Waals surface area contributed by atoms with Gasteiger partial charge in [-0.15, -0.1) is 12.4 Å². The molecule has 2 N–H and O–H groups in total. The predicted molar refractivity (Wildman–Crippen MR) is 131 cm³/mol. The van der Waals surface area contributed by atoms with Gasteiger partial charge in [-0.3, -0.25) is 10.2 Å². The molecule has 0 aliphatic carbocycles. The van der Waals surface area contributed by atoms with Gasteiger partial charge in [-0.25, -0.2) is 18.2 Å². The maximum Gasteiger partial charge on any atom is 0.321 e. The van der Waals surface area contributed by atoms with Gasteiger partial charge < -0.3 is 10.1 Å². The van der Waals surface area contributed by atoms with E-state index in [1.54, 1.807) is 7.11 Å². The molecule has 1 aliphatic heterocycles. The Balaban J connectivity index is 0.00000289. The van der Waals surface area contributed by atoms with Gasteiger partial charge in [-0.1, -0.05) is 41.7 Å². The summed E-state index contributed by atoms with van der Waals surface area (Å²) in [6.45, 7) is 2.04. The minimum atomic E-state index is -2.90. The van der Waals surface area contributed by atoms with Gasteiger partial charge in [0.05, 0.1) is 23.3 Å². The highest BCUT2D eigenvalue weighted by molar-refractivity contribution is 7.91. The number of nitrogens with zero attached hydrogens (tertiary/aromatic N) is 2. The van der Waals surface area contributed by atoms with Crippen LogP contribution in [0.3, 0.4) is 0 Å². The Labute approximate surface area is 197 Å². The summed E-state index contributed by atoms with van der Waals surface area (Å²) in [4.78, 5) is 18.9. The number of aromatic nitrogens is 1. The van der Waals surface area contributed by atoms with E-state index in [4.69, 9.17) is 4.74 Å². The summed E-state index contributed by atoms with van der Waals surface area (Å²) < 4.78 is 29.4. The van der Waals surface area contributed by atoms with Crippen LogP contribution in [0.25, 0.3) is 21.3 Å². The third kappa shape index (κ3) is 5.69. The number of sulfone groups is 1. The normalized spacial score (nSPS) is 15.7. The fourth-order valence-electron chi connectivity index (χ4n) is 3.49. The van der Waals surface area contributed by atoms with E-state index in [1.807, 2.05) is 47.4 Å². The van der Waals surface area contributed by atoms with Crippen molar-refractivity contribution < 1.29 is 17.9 Å². The van der Waals surface area contributed by atoms with Crippen LogP contribution in [0.15, 0.2) is 42.5 Å². The maximum atomic E-state index is 12.3. The first-order chi connectivity index (χ1) is 14.9. The molecular weight excluding hydrogens is 472 g/mol. The third-order valence-electron chi connectivity index (χ3n) is 5.18. The summed E-state index contributed by atoms with van der Waals surface area (Å²) in [7, 11) is -1.30. The molecule has 0 radical (unpaired) electrons. The van der Waals surface area contributed by atoms with Crippen LogP contribution >= 0.6 is 23.7 Å². The van der Waals surface area contributed by atoms with E-state index in [-0.39, 0.29) is 29.9 Å². The molecule has 0 saturated carbocycles. The maximum absolute atomic E-state index is 12.3. The Hall–Kier alpha value is -2.40. The average molecular weight is 497 g/mol.